The Morgan fingerprint density at radius 1 is 1.29 bits per heavy atom. The van der Waals surface area contributed by atoms with Crippen LogP contribution < -0.4 is 5.56 Å². The minimum Gasteiger partial charge on any atom is -0.310 e. The highest BCUT2D eigenvalue weighted by atomic mass is 16.1. The predicted octanol–water partition coefficient (Wildman–Crippen LogP) is 2.20. The van der Waals surface area contributed by atoms with Gasteiger partial charge in [0.1, 0.15) is 5.82 Å². The fraction of sp³-hybridized carbons (Fsp3) is 0.412. The fourth-order valence-corrected chi connectivity index (χ4v) is 3.04. The molecule has 0 unspecified atom stereocenters. The smallest absolute Gasteiger partial charge is 0.255 e. The van der Waals surface area contributed by atoms with Crippen molar-refractivity contribution in [2.45, 2.75) is 39.8 Å². The van der Waals surface area contributed by atoms with Crippen LogP contribution in [0.2, 0.25) is 0 Å². The second-order valence-electron chi connectivity index (χ2n) is 5.66. The lowest BCUT2D eigenvalue weighted by Crippen LogP contribution is -2.35. The fourth-order valence-electron chi connectivity index (χ4n) is 3.04. The van der Waals surface area contributed by atoms with Gasteiger partial charge in [0.05, 0.1) is 11.3 Å². The maximum atomic E-state index is 12.1. The van der Waals surface area contributed by atoms with Gasteiger partial charge in [0.15, 0.2) is 0 Å². The van der Waals surface area contributed by atoms with Crippen LogP contribution in [-0.2, 0) is 25.9 Å². The molecule has 1 aromatic heterocycles. The summed E-state index contributed by atoms with van der Waals surface area (Å²) in [6.45, 7) is 6.57. The zero-order valence-electron chi connectivity index (χ0n) is 12.6. The highest BCUT2D eigenvalue weighted by molar-refractivity contribution is 5.28. The van der Waals surface area contributed by atoms with Gasteiger partial charge in [-0.3, -0.25) is 9.69 Å². The van der Waals surface area contributed by atoms with Crippen molar-refractivity contribution in [3.63, 3.8) is 0 Å². The second-order valence-corrected chi connectivity index (χ2v) is 5.66. The van der Waals surface area contributed by atoms with Crippen molar-refractivity contribution < 1.29 is 0 Å². The van der Waals surface area contributed by atoms with Crippen LogP contribution >= 0.6 is 0 Å². The molecular weight excluding hydrogens is 262 g/mol. The zero-order chi connectivity index (χ0) is 14.8. The third kappa shape index (κ3) is 2.90. The van der Waals surface area contributed by atoms with Crippen LogP contribution in [0.15, 0.2) is 29.1 Å². The normalized spacial score (nSPS) is 15.0. The van der Waals surface area contributed by atoms with E-state index in [9.17, 15) is 4.79 Å². The van der Waals surface area contributed by atoms with Gasteiger partial charge in [-0.05, 0) is 24.5 Å². The molecule has 3 rings (SSSR count). The largest absolute Gasteiger partial charge is 0.310 e. The first-order chi connectivity index (χ1) is 10.2. The number of nitrogens with one attached hydrogen (secondary N) is 1. The summed E-state index contributed by atoms with van der Waals surface area (Å²) < 4.78 is 0. The first-order valence-corrected chi connectivity index (χ1v) is 7.55. The van der Waals surface area contributed by atoms with Crippen LogP contribution in [0.25, 0.3) is 0 Å². The lowest BCUT2D eigenvalue weighted by Gasteiger charge is -2.28. The van der Waals surface area contributed by atoms with E-state index in [1.807, 2.05) is 6.92 Å². The molecule has 0 radical (unpaired) electrons. The van der Waals surface area contributed by atoms with E-state index >= 15 is 0 Å². The molecule has 1 aliphatic heterocycles. The molecule has 110 valence electrons. The molecule has 2 aromatic rings. The maximum Gasteiger partial charge on any atom is 0.255 e. The summed E-state index contributed by atoms with van der Waals surface area (Å²) in [5, 5.41) is 0. The predicted molar refractivity (Wildman–Crippen MR) is 83.2 cm³/mol. The Bertz CT molecular complexity index is 705. The Hall–Kier alpha value is -1.94. The molecule has 0 amide bonds. The van der Waals surface area contributed by atoms with E-state index in [2.05, 4.69) is 46.1 Å². The molecule has 1 aliphatic rings. The topological polar surface area (TPSA) is 49.0 Å². The molecule has 0 saturated heterocycles. The molecule has 0 saturated carbocycles. The van der Waals surface area contributed by atoms with E-state index < -0.39 is 0 Å². The Balaban J connectivity index is 1.82. The first kappa shape index (κ1) is 14.0. The quantitative estimate of drug-likeness (QED) is 0.939. The molecule has 0 bridgehead atoms. The number of aromatic amines is 1. The van der Waals surface area contributed by atoms with Crippen molar-refractivity contribution in [3.8, 4) is 0 Å². The summed E-state index contributed by atoms with van der Waals surface area (Å²) >= 11 is 0. The van der Waals surface area contributed by atoms with E-state index in [0.29, 0.717) is 12.4 Å². The number of H-pyrrole nitrogens is 1. The molecule has 0 aliphatic carbocycles. The Kier molecular flexibility index (Phi) is 3.88. The van der Waals surface area contributed by atoms with Gasteiger partial charge in [-0.15, -0.1) is 0 Å². The van der Waals surface area contributed by atoms with E-state index in [4.69, 9.17) is 0 Å². The number of hydrogen-bond donors (Lipinski definition) is 1. The average Bonchev–Trinajstić information content (AvgIpc) is 2.48. The Morgan fingerprint density at radius 3 is 2.81 bits per heavy atom. The molecule has 0 atom stereocenters. The second kappa shape index (κ2) is 5.82. The SMILES string of the molecule is CCc1ccccc1CN1CCc2nc(C)[nH]c(=O)c2C1. The van der Waals surface area contributed by atoms with Crippen molar-refractivity contribution in [1.29, 1.82) is 0 Å². The van der Waals surface area contributed by atoms with Gasteiger partial charge in [-0.25, -0.2) is 4.98 Å². The number of nitrogens with zero attached hydrogens (tertiary/aromatic N) is 2. The number of aromatic nitrogens is 2. The monoisotopic (exact) mass is 283 g/mol. The van der Waals surface area contributed by atoms with E-state index in [0.717, 1.165) is 37.2 Å². The molecule has 0 fully saturated rings. The minimum absolute atomic E-state index is 0.0194. The van der Waals surface area contributed by atoms with Gasteiger partial charge in [-0.2, -0.15) is 0 Å². The van der Waals surface area contributed by atoms with Gasteiger partial charge in [0.2, 0.25) is 0 Å². The first-order valence-electron chi connectivity index (χ1n) is 7.55. The van der Waals surface area contributed by atoms with Crippen LogP contribution in [0.1, 0.15) is 35.1 Å². The third-order valence-electron chi connectivity index (χ3n) is 4.16. The van der Waals surface area contributed by atoms with Crippen molar-refractivity contribution >= 4 is 0 Å². The molecule has 1 N–H and O–H groups in total. The van der Waals surface area contributed by atoms with E-state index in [1.54, 1.807) is 0 Å². The summed E-state index contributed by atoms with van der Waals surface area (Å²) in [7, 11) is 0. The summed E-state index contributed by atoms with van der Waals surface area (Å²) in [4.78, 5) is 21.7. The number of benzene rings is 1. The highest BCUT2D eigenvalue weighted by Gasteiger charge is 2.21. The molecule has 4 nitrogen and oxygen atoms in total. The lowest BCUT2D eigenvalue weighted by molar-refractivity contribution is 0.241. The minimum atomic E-state index is 0.0194. The Morgan fingerprint density at radius 2 is 2.05 bits per heavy atom. The zero-order valence-corrected chi connectivity index (χ0v) is 12.6. The van der Waals surface area contributed by atoms with Crippen LogP contribution in [0.5, 0.6) is 0 Å². The highest BCUT2D eigenvalue weighted by Crippen LogP contribution is 2.18. The van der Waals surface area contributed by atoms with Gasteiger partial charge < -0.3 is 4.98 Å². The molecule has 21 heavy (non-hydrogen) atoms. The summed E-state index contributed by atoms with van der Waals surface area (Å²) in [6.07, 6.45) is 1.90. The summed E-state index contributed by atoms with van der Waals surface area (Å²) in [5.74, 6) is 0.712. The molecule has 1 aromatic carbocycles. The molecule has 2 heterocycles. The average molecular weight is 283 g/mol. The van der Waals surface area contributed by atoms with Crippen LogP contribution in [-0.4, -0.2) is 21.4 Å². The van der Waals surface area contributed by atoms with Crippen LogP contribution in [0.3, 0.4) is 0 Å². The number of fused-ring (bicyclic) bond motifs is 1. The number of hydrogen-bond acceptors (Lipinski definition) is 3. The van der Waals surface area contributed by atoms with E-state index in [-0.39, 0.29) is 5.56 Å². The lowest BCUT2D eigenvalue weighted by atomic mass is 10.0. The Labute approximate surface area is 124 Å². The number of aryl methyl sites for hydroxylation is 2. The van der Waals surface area contributed by atoms with Gasteiger partial charge in [0, 0.05) is 26.1 Å². The van der Waals surface area contributed by atoms with Crippen molar-refractivity contribution in [1.82, 2.24) is 14.9 Å². The number of rotatable bonds is 3. The van der Waals surface area contributed by atoms with Gasteiger partial charge >= 0.3 is 0 Å². The standard InChI is InChI=1S/C17H21N3O/c1-3-13-6-4-5-7-14(13)10-20-9-8-16-15(11-20)17(21)19-12(2)18-16/h4-7H,3,8-11H2,1-2H3,(H,18,19,21). The molecular formula is C17H21N3O. The van der Waals surface area contributed by atoms with Crippen LogP contribution in [0, 0.1) is 6.92 Å². The summed E-state index contributed by atoms with van der Waals surface area (Å²) in [6, 6.07) is 8.55. The van der Waals surface area contributed by atoms with Crippen LogP contribution in [0.4, 0.5) is 0 Å². The molecule has 0 spiro atoms. The molecule has 4 heteroatoms. The van der Waals surface area contributed by atoms with Crippen molar-refractivity contribution in [2.24, 2.45) is 0 Å². The van der Waals surface area contributed by atoms with Crippen molar-refractivity contribution in [2.75, 3.05) is 6.54 Å². The maximum absolute atomic E-state index is 12.1. The van der Waals surface area contributed by atoms with Gasteiger partial charge in [-0.1, -0.05) is 31.2 Å². The van der Waals surface area contributed by atoms with Gasteiger partial charge in [0.25, 0.3) is 5.56 Å². The van der Waals surface area contributed by atoms with E-state index in [1.165, 1.54) is 11.1 Å². The summed E-state index contributed by atoms with van der Waals surface area (Å²) in [5.41, 5.74) is 4.57. The van der Waals surface area contributed by atoms with Crippen molar-refractivity contribution in [3.05, 3.63) is 62.8 Å². The third-order valence-corrected chi connectivity index (χ3v) is 4.16.